The van der Waals surface area contributed by atoms with Crippen molar-refractivity contribution in [3.05, 3.63) is 12.5 Å². The average Bonchev–Trinajstić information content (AvgIpc) is 3.12. The first-order valence-corrected chi connectivity index (χ1v) is 11.4. The lowest BCUT2D eigenvalue weighted by Crippen LogP contribution is -2.54. The van der Waals surface area contributed by atoms with E-state index in [1.165, 1.54) is 19.2 Å². The largest absolute Gasteiger partial charge is 0.490 e. The summed E-state index contributed by atoms with van der Waals surface area (Å²) in [6, 6.07) is 0.670. The van der Waals surface area contributed by atoms with Crippen molar-refractivity contribution in [2.75, 3.05) is 27.2 Å². The molecule has 0 aromatic carbocycles. The lowest BCUT2D eigenvalue weighted by Gasteiger charge is -2.53. The standard InChI is InChI=1S/C14H24N4O2S.2C2HF3O2/c1-16(2)12-8-14(9-12)4-6-18(7-5-14)21(19,20)13-10-17(3)11-15-13;2*3-2(4,5)1(6)7/h10-12H,4-9H2,1-3H3;2*(H,6,7). The van der Waals surface area contributed by atoms with E-state index in [0.717, 1.165) is 12.8 Å². The van der Waals surface area contributed by atoms with Crippen LogP contribution in [-0.2, 0) is 26.7 Å². The van der Waals surface area contributed by atoms with Crippen molar-refractivity contribution in [3.63, 3.8) is 0 Å². The van der Waals surface area contributed by atoms with Crippen LogP contribution in [0.1, 0.15) is 25.7 Å². The molecule has 202 valence electrons. The number of halogens is 6. The van der Waals surface area contributed by atoms with E-state index in [1.807, 2.05) is 0 Å². The fourth-order valence-electron chi connectivity index (χ4n) is 3.57. The Hall–Kier alpha value is -2.40. The first-order chi connectivity index (χ1) is 15.7. The molecule has 1 aliphatic carbocycles. The number of hydrogen-bond acceptors (Lipinski definition) is 6. The third-order valence-corrected chi connectivity index (χ3v) is 7.41. The first kappa shape index (κ1) is 30.6. The Bertz CT molecular complexity index is 952. The molecule has 2 heterocycles. The molecule has 0 radical (unpaired) electrons. The number of alkyl halides is 6. The number of carbonyl (C=O) groups is 2. The third kappa shape index (κ3) is 8.64. The molecule has 10 nitrogen and oxygen atoms in total. The molecule has 1 saturated carbocycles. The molecule has 0 atom stereocenters. The van der Waals surface area contributed by atoms with Gasteiger partial charge in [-0.05, 0) is 45.2 Å². The zero-order valence-corrected chi connectivity index (χ0v) is 19.8. The van der Waals surface area contributed by atoms with Crippen LogP contribution in [0.15, 0.2) is 17.6 Å². The predicted molar refractivity (Wildman–Crippen MR) is 108 cm³/mol. The number of piperidine rings is 1. The van der Waals surface area contributed by atoms with Gasteiger partial charge in [-0.15, -0.1) is 0 Å². The summed E-state index contributed by atoms with van der Waals surface area (Å²) in [7, 11) is 2.62. The number of rotatable bonds is 3. The van der Waals surface area contributed by atoms with Crippen molar-refractivity contribution in [2.24, 2.45) is 12.5 Å². The summed E-state index contributed by atoms with van der Waals surface area (Å²) >= 11 is 0. The highest BCUT2D eigenvalue weighted by atomic mass is 32.2. The summed E-state index contributed by atoms with van der Waals surface area (Å²) in [6.07, 6.45) is -2.70. The van der Waals surface area contributed by atoms with Crippen molar-refractivity contribution < 1.29 is 54.6 Å². The van der Waals surface area contributed by atoms with E-state index in [4.69, 9.17) is 19.8 Å². The maximum atomic E-state index is 12.5. The maximum Gasteiger partial charge on any atom is 0.490 e. The highest BCUT2D eigenvalue weighted by Gasteiger charge is 2.48. The molecule has 3 rings (SSSR count). The van der Waals surface area contributed by atoms with Gasteiger partial charge >= 0.3 is 24.3 Å². The van der Waals surface area contributed by atoms with Crippen molar-refractivity contribution >= 4 is 22.0 Å². The molecular formula is C18H26F6N4O6S. The number of carboxylic acids is 2. The molecule has 0 bridgehead atoms. The minimum atomic E-state index is -5.08. The molecule has 1 saturated heterocycles. The molecule has 2 fully saturated rings. The van der Waals surface area contributed by atoms with Crippen LogP contribution in [0.2, 0.25) is 0 Å². The molecule has 0 amide bonds. The first-order valence-electron chi connectivity index (χ1n) is 9.96. The summed E-state index contributed by atoms with van der Waals surface area (Å²) in [6.45, 7) is 1.25. The van der Waals surface area contributed by atoms with Gasteiger partial charge in [0.25, 0.3) is 10.0 Å². The smallest absolute Gasteiger partial charge is 0.475 e. The zero-order valence-electron chi connectivity index (χ0n) is 19.0. The number of sulfonamides is 1. The zero-order chi connectivity index (χ0) is 27.4. The van der Waals surface area contributed by atoms with E-state index in [1.54, 1.807) is 22.1 Å². The van der Waals surface area contributed by atoms with E-state index < -0.39 is 34.3 Å². The van der Waals surface area contributed by atoms with Crippen LogP contribution in [0, 0.1) is 5.41 Å². The van der Waals surface area contributed by atoms with Crippen molar-refractivity contribution in [3.8, 4) is 0 Å². The van der Waals surface area contributed by atoms with Crippen LogP contribution in [0.4, 0.5) is 26.3 Å². The van der Waals surface area contributed by atoms with Gasteiger partial charge in [0, 0.05) is 32.4 Å². The van der Waals surface area contributed by atoms with Crippen LogP contribution in [0.3, 0.4) is 0 Å². The number of hydrogen-bond donors (Lipinski definition) is 2. The molecule has 1 spiro atoms. The van der Waals surface area contributed by atoms with E-state index in [2.05, 4.69) is 24.0 Å². The molecule has 1 aromatic heterocycles. The second-order valence-electron chi connectivity index (χ2n) is 8.41. The molecule has 1 aromatic rings. The van der Waals surface area contributed by atoms with Gasteiger partial charge in [0.1, 0.15) is 0 Å². The number of aryl methyl sites for hydroxylation is 1. The molecule has 2 aliphatic rings. The van der Waals surface area contributed by atoms with Crippen LogP contribution in [-0.4, -0.2) is 94.9 Å². The molecule has 0 unspecified atom stereocenters. The van der Waals surface area contributed by atoms with Gasteiger partial charge < -0.3 is 19.7 Å². The minimum absolute atomic E-state index is 0.167. The fourth-order valence-corrected chi connectivity index (χ4v) is 4.98. The lowest BCUT2D eigenvalue weighted by atomic mass is 9.60. The second kappa shape index (κ2) is 11.1. The average molecular weight is 540 g/mol. The summed E-state index contributed by atoms with van der Waals surface area (Å²) in [5, 5.41) is 14.4. The highest BCUT2D eigenvalue weighted by Crippen LogP contribution is 2.50. The number of aromatic nitrogens is 2. The summed E-state index contributed by atoms with van der Waals surface area (Å²) in [5.74, 6) is -5.51. The van der Waals surface area contributed by atoms with Crippen LogP contribution in [0.25, 0.3) is 0 Å². The van der Waals surface area contributed by atoms with Crippen molar-refractivity contribution in [1.29, 1.82) is 0 Å². The number of carboxylic acid groups (broad SMARTS) is 2. The van der Waals surface area contributed by atoms with Crippen molar-refractivity contribution in [1.82, 2.24) is 18.8 Å². The van der Waals surface area contributed by atoms with Gasteiger partial charge in [-0.25, -0.2) is 23.0 Å². The van der Waals surface area contributed by atoms with E-state index >= 15 is 0 Å². The fraction of sp³-hybridized carbons (Fsp3) is 0.722. The normalized spacial score (nSPS) is 18.7. The maximum absolute atomic E-state index is 12.5. The molecular weight excluding hydrogens is 514 g/mol. The van der Waals surface area contributed by atoms with Crippen LogP contribution in [0.5, 0.6) is 0 Å². The quantitative estimate of drug-likeness (QED) is 0.558. The molecule has 2 N–H and O–H groups in total. The number of nitrogens with zero attached hydrogens (tertiary/aromatic N) is 4. The third-order valence-electron chi connectivity index (χ3n) is 5.62. The Morgan fingerprint density at radius 1 is 1.03 bits per heavy atom. The summed E-state index contributed by atoms with van der Waals surface area (Å²) < 4.78 is 91.8. The SMILES string of the molecule is CN(C)C1CC2(CCN(S(=O)(=O)c3cn(C)cn3)CC2)C1.O=C(O)C(F)(F)F.O=C(O)C(F)(F)F. The van der Waals surface area contributed by atoms with Crippen molar-refractivity contribution in [2.45, 2.75) is 49.1 Å². The molecule has 35 heavy (non-hydrogen) atoms. The Morgan fingerprint density at radius 3 is 1.71 bits per heavy atom. The van der Waals surface area contributed by atoms with Gasteiger partial charge in [0.2, 0.25) is 0 Å². The van der Waals surface area contributed by atoms with E-state index in [9.17, 15) is 34.8 Å². The van der Waals surface area contributed by atoms with E-state index in [0.29, 0.717) is 24.5 Å². The summed E-state index contributed by atoms with van der Waals surface area (Å²) in [4.78, 5) is 24.1. The molecule has 17 heteroatoms. The Labute approximate surface area is 197 Å². The molecule has 1 aliphatic heterocycles. The Balaban J connectivity index is 0.000000362. The minimum Gasteiger partial charge on any atom is -0.475 e. The van der Waals surface area contributed by atoms with Crippen LogP contribution < -0.4 is 0 Å². The highest BCUT2D eigenvalue weighted by molar-refractivity contribution is 7.89. The van der Waals surface area contributed by atoms with Gasteiger partial charge in [-0.2, -0.15) is 30.6 Å². The van der Waals surface area contributed by atoms with Crippen LogP contribution >= 0.6 is 0 Å². The van der Waals surface area contributed by atoms with E-state index in [-0.39, 0.29) is 5.03 Å². The van der Waals surface area contributed by atoms with Gasteiger partial charge in [-0.3, -0.25) is 0 Å². The second-order valence-corrected chi connectivity index (χ2v) is 10.3. The monoisotopic (exact) mass is 540 g/mol. The van der Waals surface area contributed by atoms with Gasteiger partial charge in [0.05, 0.1) is 6.33 Å². The summed E-state index contributed by atoms with van der Waals surface area (Å²) in [5.41, 5.74) is 0.380. The lowest BCUT2D eigenvalue weighted by molar-refractivity contribution is -0.193. The van der Waals surface area contributed by atoms with Gasteiger partial charge in [-0.1, -0.05) is 0 Å². The number of aliphatic carboxylic acids is 2. The number of imidazole rings is 1. The van der Waals surface area contributed by atoms with Gasteiger partial charge in [0.15, 0.2) is 5.03 Å². The predicted octanol–water partition coefficient (Wildman–Crippen LogP) is 2.18. The topological polar surface area (TPSA) is 133 Å². The Morgan fingerprint density at radius 2 is 1.43 bits per heavy atom. The Kier molecular flexibility index (Phi) is 9.73.